The van der Waals surface area contributed by atoms with Crippen LogP contribution in [0.5, 0.6) is 0 Å². The number of para-hydroxylation sites is 2. The van der Waals surface area contributed by atoms with Crippen molar-refractivity contribution in [3.8, 4) is 0 Å². The molecular weight excluding hydrogens is 470 g/mol. The number of nitrogens with one attached hydrogen (secondary N) is 2. The molecule has 1 aliphatic heterocycles. The Morgan fingerprint density at radius 1 is 1.11 bits per heavy atom. The Morgan fingerprint density at radius 3 is 2.32 bits per heavy atom. The molecule has 37 heavy (non-hydrogen) atoms. The van der Waals surface area contributed by atoms with Gasteiger partial charge in [0.1, 0.15) is 12.5 Å². The molecule has 0 fully saturated rings. The number of fused-ring (bicyclic) bond motifs is 1. The SMILES string of the molecule is C=C(C)/C(CN1C(=O)C(NC(=O)[C@H](C)NC)CN(C(=O)CC(N)=O)c2ccccc21)=c1/ccccc1=C. The lowest BCUT2D eigenvalue weighted by molar-refractivity contribution is -0.129. The van der Waals surface area contributed by atoms with Gasteiger partial charge >= 0.3 is 0 Å². The van der Waals surface area contributed by atoms with Gasteiger partial charge in [0.05, 0.1) is 30.5 Å². The zero-order valence-corrected chi connectivity index (χ0v) is 21.4. The Bertz CT molecular complexity index is 1350. The number of nitrogens with zero attached hydrogens (tertiary/aromatic N) is 2. The van der Waals surface area contributed by atoms with Gasteiger partial charge in [-0.05, 0) is 49.0 Å². The van der Waals surface area contributed by atoms with Gasteiger partial charge in [-0.3, -0.25) is 19.2 Å². The van der Waals surface area contributed by atoms with Crippen LogP contribution in [0.4, 0.5) is 11.4 Å². The van der Waals surface area contributed by atoms with E-state index in [2.05, 4.69) is 23.8 Å². The van der Waals surface area contributed by atoms with Gasteiger partial charge in [0.25, 0.3) is 5.91 Å². The number of primary amides is 1. The van der Waals surface area contributed by atoms with Gasteiger partial charge in [-0.25, -0.2) is 0 Å². The van der Waals surface area contributed by atoms with Crippen LogP contribution in [0.2, 0.25) is 0 Å². The summed E-state index contributed by atoms with van der Waals surface area (Å²) in [4.78, 5) is 54.4. The molecule has 0 aromatic heterocycles. The van der Waals surface area contributed by atoms with Crippen molar-refractivity contribution in [2.75, 3.05) is 29.9 Å². The minimum absolute atomic E-state index is 0.128. The summed E-state index contributed by atoms with van der Waals surface area (Å²) < 4.78 is 0. The third-order valence-corrected chi connectivity index (χ3v) is 6.34. The maximum Gasteiger partial charge on any atom is 0.251 e. The molecule has 0 radical (unpaired) electrons. The van der Waals surface area contributed by atoms with E-state index in [1.54, 1.807) is 43.1 Å². The highest BCUT2D eigenvalue weighted by molar-refractivity contribution is 6.11. The number of carbonyl (C=O) groups excluding carboxylic acids is 4. The van der Waals surface area contributed by atoms with Crippen LogP contribution in [-0.4, -0.2) is 55.8 Å². The molecule has 1 unspecified atom stereocenters. The van der Waals surface area contributed by atoms with Crippen LogP contribution in [0.3, 0.4) is 0 Å². The van der Waals surface area contributed by atoms with Gasteiger partial charge in [0.2, 0.25) is 17.7 Å². The lowest BCUT2D eigenvalue weighted by atomic mass is 10.0. The van der Waals surface area contributed by atoms with Crippen LogP contribution in [-0.2, 0) is 19.2 Å². The Kier molecular flexibility index (Phi) is 8.62. The van der Waals surface area contributed by atoms with E-state index in [0.29, 0.717) is 11.4 Å². The zero-order chi connectivity index (χ0) is 27.3. The molecule has 194 valence electrons. The van der Waals surface area contributed by atoms with Crippen LogP contribution < -0.4 is 36.6 Å². The number of hydrogen-bond donors (Lipinski definition) is 3. The fraction of sp³-hybridized carbons (Fsp3) is 0.286. The summed E-state index contributed by atoms with van der Waals surface area (Å²) in [6.45, 7) is 11.7. The van der Waals surface area contributed by atoms with Crippen molar-refractivity contribution < 1.29 is 19.2 Å². The van der Waals surface area contributed by atoms with E-state index >= 15 is 0 Å². The molecule has 2 aromatic carbocycles. The zero-order valence-electron chi connectivity index (χ0n) is 21.4. The van der Waals surface area contributed by atoms with E-state index in [1.165, 1.54) is 4.90 Å². The Hall–Kier alpha value is -4.24. The molecule has 4 N–H and O–H groups in total. The monoisotopic (exact) mass is 503 g/mol. The highest BCUT2D eigenvalue weighted by Crippen LogP contribution is 2.34. The summed E-state index contributed by atoms with van der Waals surface area (Å²) in [5, 5.41) is 7.24. The van der Waals surface area contributed by atoms with Crippen molar-refractivity contribution in [2.24, 2.45) is 5.73 Å². The Labute approximate surface area is 216 Å². The van der Waals surface area contributed by atoms with Crippen LogP contribution >= 0.6 is 0 Å². The van der Waals surface area contributed by atoms with E-state index in [9.17, 15) is 19.2 Å². The molecule has 1 heterocycles. The van der Waals surface area contributed by atoms with Crippen molar-refractivity contribution >= 4 is 47.2 Å². The number of nitrogens with two attached hydrogens (primary N) is 1. The smallest absolute Gasteiger partial charge is 0.251 e. The largest absolute Gasteiger partial charge is 0.369 e. The first-order valence-electron chi connectivity index (χ1n) is 11.9. The first-order valence-corrected chi connectivity index (χ1v) is 11.9. The van der Waals surface area contributed by atoms with Crippen LogP contribution in [0.1, 0.15) is 20.3 Å². The van der Waals surface area contributed by atoms with Gasteiger partial charge in [0, 0.05) is 0 Å². The second kappa shape index (κ2) is 11.7. The predicted octanol–water partition coefficient (Wildman–Crippen LogP) is 0.172. The lowest BCUT2D eigenvalue weighted by Gasteiger charge is -2.27. The average Bonchev–Trinajstić information content (AvgIpc) is 2.96. The molecule has 2 aromatic rings. The molecule has 2 atom stereocenters. The summed E-state index contributed by atoms with van der Waals surface area (Å²) in [7, 11) is 1.63. The number of anilines is 2. The van der Waals surface area contributed by atoms with Gasteiger partial charge in [0.15, 0.2) is 0 Å². The normalized spacial score (nSPS) is 16.8. The van der Waals surface area contributed by atoms with Crippen molar-refractivity contribution in [3.05, 3.63) is 71.1 Å². The summed E-state index contributed by atoms with van der Waals surface area (Å²) in [6, 6.07) is 12.8. The van der Waals surface area contributed by atoms with Crippen LogP contribution in [0.25, 0.3) is 12.2 Å². The topological polar surface area (TPSA) is 125 Å². The fourth-order valence-corrected chi connectivity index (χ4v) is 4.19. The molecular formula is C28H33N5O4. The second-order valence-electron chi connectivity index (χ2n) is 9.05. The number of hydrogen-bond acceptors (Lipinski definition) is 5. The minimum atomic E-state index is -1.08. The number of benzene rings is 2. The van der Waals surface area contributed by atoms with Crippen molar-refractivity contribution in [2.45, 2.75) is 32.4 Å². The highest BCUT2D eigenvalue weighted by Gasteiger charge is 2.37. The molecule has 0 saturated heterocycles. The number of likely N-dealkylation sites (N-methyl/N-ethyl adjacent to an activating group) is 1. The summed E-state index contributed by atoms with van der Waals surface area (Å²) in [5.41, 5.74) is 7.74. The second-order valence-corrected chi connectivity index (χ2v) is 9.05. The standard InChI is InChI=1S/C28H33N5O4/c1-17(2)21(20-11-7-6-10-18(20)3)15-33-24-13-9-8-12-23(24)32(26(35)14-25(29)34)16-22(28(33)37)31-27(36)19(4)30-5/h6-13,19,22,30H,1,3,14-16H2,2,4-5H3,(H2,29,34)(H,31,36)/b21-20-/t19-,22?/m0/s1. The highest BCUT2D eigenvalue weighted by atomic mass is 16.2. The van der Waals surface area contributed by atoms with Crippen LogP contribution in [0.15, 0.2) is 60.7 Å². The Morgan fingerprint density at radius 2 is 1.73 bits per heavy atom. The van der Waals surface area contributed by atoms with E-state index in [-0.39, 0.29) is 13.1 Å². The first-order chi connectivity index (χ1) is 17.5. The van der Waals surface area contributed by atoms with Gasteiger partial charge in [-0.2, -0.15) is 0 Å². The van der Waals surface area contributed by atoms with Gasteiger partial charge in [-0.1, -0.05) is 55.1 Å². The average molecular weight is 504 g/mol. The van der Waals surface area contributed by atoms with E-state index < -0.39 is 42.1 Å². The molecule has 0 saturated carbocycles. The fourth-order valence-electron chi connectivity index (χ4n) is 4.19. The summed E-state index contributed by atoms with van der Waals surface area (Å²) >= 11 is 0. The van der Waals surface area contributed by atoms with Gasteiger partial charge < -0.3 is 26.2 Å². The third kappa shape index (κ3) is 6.13. The van der Waals surface area contributed by atoms with E-state index in [1.807, 2.05) is 31.2 Å². The van der Waals surface area contributed by atoms with Gasteiger partial charge in [-0.15, -0.1) is 0 Å². The molecule has 9 nitrogen and oxygen atoms in total. The number of amides is 4. The van der Waals surface area contributed by atoms with Crippen molar-refractivity contribution in [3.63, 3.8) is 0 Å². The molecule has 4 amide bonds. The predicted molar refractivity (Wildman–Crippen MR) is 145 cm³/mol. The first kappa shape index (κ1) is 27.3. The maximum atomic E-state index is 14.0. The van der Waals surface area contributed by atoms with Crippen molar-refractivity contribution in [1.29, 1.82) is 0 Å². The third-order valence-electron chi connectivity index (χ3n) is 6.34. The Balaban J connectivity index is 2.20. The van der Waals surface area contributed by atoms with E-state index in [4.69, 9.17) is 5.73 Å². The molecule has 9 heteroatoms. The van der Waals surface area contributed by atoms with Crippen molar-refractivity contribution in [1.82, 2.24) is 10.6 Å². The molecule has 3 rings (SSSR count). The molecule has 0 bridgehead atoms. The molecule has 1 aliphatic rings. The molecule has 0 aliphatic carbocycles. The van der Waals surface area contributed by atoms with Crippen LogP contribution in [0, 0.1) is 0 Å². The molecule has 0 spiro atoms. The number of rotatable bonds is 8. The summed E-state index contributed by atoms with van der Waals surface area (Å²) in [5.74, 6) is -2.16. The summed E-state index contributed by atoms with van der Waals surface area (Å²) in [6.07, 6.45) is -0.534. The minimum Gasteiger partial charge on any atom is -0.369 e. The lowest BCUT2D eigenvalue weighted by Crippen LogP contribution is -2.56. The van der Waals surface area contributed by atoms with E-state index in [0.717, 1.165) is 21.6 Å². The quantitative estimate of drug-likeness (QED) is 0.443. The number of carbonyl (C=O) groups is 4. The maximum absolute atomic E-state index is 14.0.